The molecule has 10 heteroatoms. The van der Waals surface area contributed by atoms with E-state index in [1.807, 2.05) is 6.92 Å². The molecule has 1 N–H and O–H groups in total. The van der Waals surface area contributed by atoms with Gasteiger partial charge in [-0.25, -0.2) is 9.97 Å². The molecule has 0 aliphatic rings. The Labute approximate surface area is 149 Å². The second-order valence-electron chi connectivity index (χ2n) is 4.43. The molecule has 0 aliphatic carbocycles. The van der Waals surface area contributed by atoms with Gasteiger partial charge in [-0.05, 0) is 24.0 Å². The summed E-state index contributed by atoms with van der Waals surface area (Å²) in [6, 6.07) is 3.06. The van der Waals surface area contributed by atoms with Crippen molar-refractivity contribution in [1.82, 2.24) is 9.97 Å². The lowest BCUT2D eigenvalue weighted by Gasteiger charge is -2.12. The number of hydrogen-bond acceptors (Lipinski definition) is 4. The van der Waals surface area contributed by atoms with Gasteiger partial charge in [0.1, 0.15) is 0 Å². The molecule has 24 heavy (non-hydrogen) atoms. The monoisotopic (exact) mass is 395 g/mol. The maximum Gasteiger partial charge on any atom is 0.417 e. The van der Waals surface area contributed by atoms with Gasteiger partial charge >= 0.3 is 6.18 Å². The zero-order valence-electron chi connectivity index (χ0n) is 12.1. The first-order valence-corrected chi connectivity index (χ1v) is 8.30. The van der Waals surface area contributed by atoms with Crippen LogP contribution in [0.25, 0.3) is 0 Å². The summed E-state index contributed by atoms with van der Waals surface area (Å²) >= 11 is 12.7. The van der Waals surface area contributed by atoms with Crippen LogP contribution in [-0.2, 0) is 6.18 Å². The smallest absolute Gasteiger partial charge is 0.321 e. The Morgan fingerprint density at radius 1 is 1.29 bits per heavy atom. The Morgan fingerprint density at radius 3 is 2.62 bits per heavy atom. The quantitative estimate of drug-likeness (QED) is 0.573. The van der Waals surface area contributed by atoms with Crippen LogP contribution in [0.1, 0.15) is 23.0 Å². The molecule has 0 radical (unpaired) electrons. The molecule has 128 valence electrons. The highest BCUT2D eigenvalue weighted by Gasteiger charge is 2.33. The summed E-state index contributed by atoms with van der Waals surface area (Å²) in [4.78, 5) is 20.2. The number of carbonyl (C=O) groups is 1. The fourth-order valence-corrected chi connectivity index (χ4v) is 2.66. The van der Waals surface area contributed by atoms with Crippen LogP contribution in [0.15, 0.2) is 29.6 Å². The molecule has 0 fully saturated rings. The van der Waals surface area contributed by atoms with Crippen molar-refractivity contribution >= 4 is 46.6 Å². The van der Waals surface area contributed by atoms with E-state index in [-0.39, 0.29) is 16.4 Å². The summed E-state index contributed by atoms with van der Waals surface area (Å²) in [5.74, 6) is -0.0507. The van der Waals surface area contributed by atoms with Crippen molar-refractivity contribution in [2.45, 2.75) is 18.3 Å². The predicted octanol–water partition coefficient (Wildman–Crippen LogP) is 5.17. The summed E-state index contributed by atoms with van der Waals surface area (Å²) < 4.78 is 38.5. The number of thioether (sulfide) groups is 1. The molecule has 0 spiro atoms. The topological polar surface area (TPSA) is 54.9 Å². The number of alkyl halides is 3. The highest BCUT2D eigenvalue weighted by atomic mass is 35.5. The third-order valence-electron chi connectivity index (χ3n) is 2.74. The number of hydrogen-bond donors (Lipinski definition) is 1. The van der Waals surface area contributed by atoms with Gasteiger partial charge in [0.25, 0.3) is 5.91 Å². The highest BCUT2D eigenvalue weighted by molar-refractivity contribution is 7.99. The Balaban J connectivity index is 2.29. The van der Waals surface area contributed by atoms with Gasteiger partial charge in [-0.1, -0.05) is 41.9 Å². The van der Waals surface area contributed by atoms with Crippen molar-refractivity contribution in [3.63, 3.8) is 0 Å². The van der Waals surface area contributed by atoms with Crippen molar-refractivity contribution in [3.8, 4) is 0 Å². The van der Waals surface area contributed by atoms with Crippen LogP contribution in [0.3, 0.4) is 0 Å². The first-order valence-electron chi connectivity index (χ1n) is 6.55. The van der Waals surface area contributed by atoms with E-state index in [0.29, 0.717) is 10.9 Å². The lowest BCUT2D eigenvalue weighted by Crippen LogP contribution is -2.16. The lowest BCUT2D eigenvalue weighted by molar-refractivity contribution is -0.137. The van der Waals surface area contributed by atoms with E-state index in [1.54, 1.807) is 0 Å². The van der Waals surface area contributed by atoms with E-state index in [9.17, 15) is 18.0 Å². The number of halogens is 5. The Bertz CT molecular complexity index is 771. The van der Waals surface area contributed by atoms with Gasteiger partial charge in [-0.2, -0.15) is 13.2 Å². The van der Waals surface area contributed by atoms with Crippen LogP contribution in [0.4, 0.5) is 18.9 Å². The number of rotatable bonds is 4. The lowest BCUT2D eigenvalue weighted by atomic mass is 10.2. The minimum Gasteiger partial charge on any atom is -0.321 e. The fraction of sp³-hybridized carbons (Fsp3) is 0.214. The van der Waals surface area contributed by atoms with Gasteiger partial charge in [0.2, 0.25) is 0 Å². The van der Waals surface area contributed by atoms with Crippen LogP contribution in [0, 0.1) is 0 Å². The summed E-state index contributed by atoms with van der Waals surface area (Å²) in [6.45, 7) is 1.88. The van der Waals surface area contributed by atoms with E-state index in [2.05, 4.69) is 15.3 Å². The first-order chi connectivity index (χ1) is 11.2. The van der Waals surface area contributed by atoms with Crippen LogP contribution in [-0.4, -0.2) is 21.6 Å². The zero-order valence-corrected chi connectivity index (χ0v) is 14.4. The van der Waals surface area contributed by atoms with Crippen molar-refractivity contribution in [2.24, 2.45) is 0 Å². The predicted molar refractivity (Wildman–Crippen MR) is 87.8 cm³/mol. The molecule has 1 aromatic heterocycles. The van der Waals surface area contributed by atoms with Gasteiger partial charge in [0.05, 0.1) is 21.8 Å². The highest BCUT2D eigenvalue weighted by Crippen LogP contribution is 2.36. The number of carbonyl (C=O) groups excluding carboxylic acids is 1. The average molecular weight is 396 g/mol. The van der Waals surface area contributed by atoms with E-state index in [1.165, 1.54) is 24.0 Å². The molecule has 2 rings (SSSR count). The third-order valence-corrected chi connectivity index (χ3v) is 4.09. The SMILES string of the molecule is CCSc1ncc(Cl)c(C(=O)Nc2ccc(Cl)c(C(F)(F)F)c2)n1. The molecule has 0 atom stereocenters. The normalized spacial score (nSPS) is 11.4. The van der Waals surface area contributed by atoms with E-state index >= 15 is 0 Å². The maximum absolute atomic E-state index is 12.8. The first kappa shape index (κ1) is 18.8. The van der Waals surface area contributed by atoms with E-state index in [0.717, 1.165) is 12.1 Å². The fourth-order valence-electron chi connectivity index (χ4n) is 1.72. The number of nitrogens with zero attached hydrogens (tertiary/aromatic N) is 2. The summed E-state index contributed by atoms with van der Waals surface area (Å²) in [5, 5.41) is 2.21. The molecule has 0 unspecified atom stereocenters. The van der Waals surface area contributed by atoms with Crippen molar-refractivity contribution in [3.05, 3.63) is 45.7 Å². The molecule has 0 aliphatic heterocycles. The number of aromatic nitrogens is 2. The van der Waals surface area contributed by atoms with Crippen LogP contribution < -0.4 is 5.32 Å². The molecule has 0 bridgehead atoms. The van der Waals surface area contributed by atoms with Crippen molar-refractivity contribution in [2.75, 3.05) is 11.1 Å². The zero-order chi connectivity index (χ0) is 17.9. The molecule has 2 aromatic rings. The molecule has 1 heterocycles. The summed E-state index contributed by atoms with van der Waals surface area (Å²) in [5.41, 5.74) is -1.24. The molecule has 1 amide bonds. The van der Waals surface area contributed by atoms with Crippen LogP contribution in [0.5, 0.6) is 0 Å². The maximum atomic E-state index is 12.8. The number of nitrogens with one attached hydrogen (secondary N) is 1. The van der Waals surface area contributed by atoms with Gasteiger partial charge in [0, 0.05) is 5.69 Å². The van der Waals surface area contributed by atoms with Crippen molar-refractivity contribution < 1.29 is 18.0 Å². The molecule has 4 nitrogen and oxygen atoms in total. The molecule has 1 aromatic carbocycles. The average Bonchev–Trinajstić information content (AvgIpc) is 2.50. The molecular weight excluding hydrogens is 386 g/mol. The Kier molecular flexibility index (Phi) is 5.95. The number of amides is 1. The van der Waals surface area contributed by atoms with Crippen molar-refractivity contribution in [1.29, 1.82) is 0 Å². The molecule has 0 saturated heterocycles. The van der Waals surface area contributed by atoms with Gasteiger partial charge in [-0.3, -0.25) is 4.79 Å². The third kappa shape index (κ3) is 4.52. The summed E-state index contributed by atoms with van der Waals surface area (Å²) in [6.07, 6.45) is -3.36. The largest absolute Gasteiger partial charge is 0.417 e. The van der Waals surface area contributed by atoms with Crippen LogP contribution >= 0.6 is 35.0 Å². The van der Waals surface area contributed by atoms with E-state index in [4.69, 9.17) is 23.2 Å². The Morgan fingerprint density at radius 2 is 2.00 bits per heavy atom. The number of anilines is 1. The van der Waals surface area contributed by atoms with Gasteiger partial charge in [0.15, 0.2) is 10.9 Å². The second kappa shape index (κ2) is 7.58. The van der Waals surface area contributed by atoms with Gasteiger partial charge in [-0.15, -0.1) is 0 Å². The second-order valence-corrected chi connectivity index (χ2v) is 6.47. The molecular formula is C14H10Cl2F3N3OS. The van der Waals surface area contributed by atoms with Crippen LogP contribution in [0.2, 0.25) is 10.0 Å². The minimum absolute atomic E-state index is 0.00189. The number of benzene rings is 1. The molecule has 0 saturated carbocycles. The van der Waals surface area contributed by atoms with Gasteiger partial charge < -0.3 is 5.32 Å². The standard InChI is InChI=1S/C14H10Cl2F3N3OS/c1-2-24-13-20-6-10(16)11(22-13)12(23)21-7-3-4-9(15)8(5-7)14(17,18)19/h3-6H,2H2,1H3,(H,21,23). The summed E-state index contributed by atoms with van der Waals surface area (Å²) in [7, 11) is 0. The van der Waals surface area contributed by atoms with E-state index < -0.39 is 22.7 Å². The Hall–Kier alpha value is -1.51. The minimum atomic E-state index is -4.63.